The van der Waals surface area contributed by atoms with Gasteiger partial charge in [-0.25, -0.2) is 9.97 Å². The van der Waals surface area contributed by atoms with Crippen LogP contribution in [0, 0.1) is 0 Å². The topological polar surface area (TPSA) is 58.0 Å². The van der Waals surface area contributed by atoms with Gasteiger partial charge >= 0.3 is 6.18 Å². The van der Waals surface area contributed by atoms with E-state index in [1.54, 1.807) is 0 Å². The molecule has 0 fully saturated rings. The minimum absolute atomic E-state index is 0.103. The fraction of sp³-hybridized carbons (Fsp3) is 0.600. The molecule has 0 bridgehead atoms. The molecule has 102 valence electrons. The Balaban J connectivity index is 2.58. The molecule has 0 radical (unpaired) electrons. The molecule has 1 rings (SSSR count). The molecule has 0 amide bonds. The summed E-state index contributed by atoms with van der Waals surface area (Å²) in [5.41, 5.74) is -1.07. The maximum Gasteiger partial charge on any atom is 0.433 e. The number of hydrogen-bond donors (Lipinski definition) is 2. The predicted molar refractivity (Wildman–Crippen MR) is 61.5 cm³/mol. The lowest BCUT2D eigenvalue weighted by molar-refractivity contribution is -0.141. The summed E-state index contributed by atoms with van der Waals surface area (Å²) < 4.78 is 37.3. The molecule has 0 saturated heterocycles. The molecule has 0 aliphatic heterocycles. The van der Waals surface area contributed by atoms with Gasteiger partial charge in [-0.2, -0.15) is 13.2 Å². The number of hydrogen-bond acceptors (Lipinski definition) is 4. The number of rotatable bonds is 6. The number of anilines is 1. The average molecular weight is 284 g/mol. The van der Waals surface area contributed by atoms with Crippen molar-refractivity contribution in [3.63, 3.8) is 0 Å². The van der Waals surface area contributed by atoms with Crippen LogP contribution in [0.3, 0.4) is 0 Å². The molecule has 1 heterocycles. The number of aromatic nitrogens is 2. The van der Waals surface area contributed by atoms with Crippen LogP contribution in [0.15, 0.2) is 6.07 Å². The molecule has 0 aliphatic rings. The van der Waals surface area contributed by atoms with Gasteiger partial charge in [0.1, 0.15) is 5.15 Å². The smallest absolute Gasteiger partial charge is 0.396 e. The Kier molecular flexibility index (Phi) is 5.61. The van der Waals surface area contributed by atoms with Crippen molar-refractivity contribution in [2.45, 2.75) is 25.4 Å². The zero-order valence-electron chi connectivity index (χ0n) is 9.47. The maximum absolute atomic E-state index is 12.4. The van der Waals surface area contributed by atoms with E-state index >= 15 is 0 Å². The predicted octanol–water partition coefficient (Wildman–Crippen LogP) is 2.72. The lowest BCUT2D eigenvalue weighted by Crippen LogP contribution is -2.12. The quantitative estimate of drug-likeness (QED) is 0.622. The second-order valence-electron chi connectivity index (χ2n) is 3.61. The van der Waals surface area contributed by atoms with Crippen LogP contribution in [0.4, 0.5) is 19.1 Å². The molecule has 0 unspecified atom stereocenters. The van der Waals surface area contributed by atoms with Crippen molar-refractivity contribution in [3.8, 4) is 0 Å². The first-order chi connectivity index (χ1) is 8.43. The molecule has 18 heavy (non-hydrogen) atoms. The summed E-state index contributed by atoms with van der Waals surface area (Å²) in [4.78, 5) is 7.00. The fourth-order valence-electron chi connectivity index (χ4n) is 1.26. The van der Waals surface area contributed by atoms with Gasteiger partial charge in [-0.3, -0.25) is 0 Å². The molecule has 0 spiro atoms. The van der Waals surface area contributed by atoms with E-state index in [9.17, 15) is 13.2 Å². The van der Waals surface area contributed by atoms with Crippen molar-refractivity contribution in [1.82, 2.24) is 9.97 Å². The summed E-state index contributed by atoms with van der Waals surface area (Å²) in [6.45, 7) is 0.531. The number of aliphatic hydroxyl groups excluding tert-OH is 1. The Bertz CT molecular complexity index is 387. The van der Waals surface area contributed by atoms with Gasteiger partial charge in [0.05, 0.1) is 0 Å². The normalized spacial score (nSPS) is 11.6. The number of nitrogens with zero attached hydrogens (tertiary/aromatic N) is 2. The Morgan fingerprint density at radius 3 is 2.56 bits per heavy atom. The average Bonchev–Trinajstić information content (AvgIpc) is 2.27. The minimum Gasteiger partial charge on any atom is -0.396 e. The zero-order chi connectivity index (χ0) is 13.6. The Hall–Kier alpha value is -1.08. The molecule has 0 aromatic carbocycles. The third kappa shape index (κ3) is 5.05. The third-order valence-electron chi connectivity index (χ3n) is 2.10. The third-order valence-corrected chi connectivity index (χ3v) is 2.30. The van der Waals surface area contributed by atoms with E-state index in [4.69, 9.17) is 16.7 Å². The standard InChI is InChI=1S/C10H13ClF3N3O/c11-8-6-7(10(12,13)14)16-9(17-8)15-4-2-1-3-5-18/h6,18H,1-5H2,(H,15,16,17). The van der Waals surface area contributed by atoms with Crippen LogP contribution in [-0.4, -0.2) is 28.2 Å². The summed E-state index contributed by atoms with van der Waals surface area (Å²) in [6, 6.07) is 0.679. The lowest BCUT2D eigenvalue weighted by Gasteiger charge is -2.09. The van der Waals surface area contributed by atoms with E-state index in [0.29, 0.717) is 25.5 Å². The number of halogens is 4. The molecule has 2 N–H and O–H groups in total. The summed E-state index contributed by atoms with van der Waals surface area (Å²) in [5.74, 6) is -0.140. The van der Waals surface area contributed by atoms with Crippen molar-refractivity contribution >= 4 is 17.5 Å². The zero-order valence-corrected chi connectivity index (χ0v) is 10.2. The van der Waals surface area contributed by atoms with E-state index in [1.807, 2.05) is 0 Å². The number of aliphatic hydroxyl groups is 1. The maximum atomic E-state index is 12.4. The van der Waals surface area contributed by atoms with Crippen molar-refractivity contribution in [2.24, 2.45) is 0 Å². The first-order valence-corrected chi connectivity index (χ1v) is 5.78. The highest BCUT2D eigenvalue weighted by Crippen LogP contribution is 2.29. The van der Waals surface area contributed by atoms with Gasteiger partial charge in [0.25, 0.3) is 0 Å². The molecule has 0 aliphatic carbocycles. The number of unbranched alkanes of at least 4 members (excludes halogenated alkanes) is 2. The van der Waals surface area contributed by atoms with Gasteiger partial charge in [0, 0.05) is 19.2 Å². The van der Waals surface area contributed by atoms with Gasteiger partial charge in [0.2, 0.25) is 5.95 Å². The highest BCUT2D eigenvalue weighted by atomic mass is 35.5. The van der Waals surface area contributed by atoms with Crippen LogP contribution in [0.25, 0.3) is 0 Å². The Labute approximate surface area is 107 Å². The first kappa shape index (κ1) is 15.0. The second-order valence-corrected chi connectivity index (χ2v) is 4.00. The summed E-state index contributed by atoms with van der Waals surface area (Å²) >= 11 is 5.49. The van der Waals surface area contributed by atoms with Gasteiger partial charge in [-0.15, -0.1) is 0 Å². The molecule has 0 atom stereocenters. The summed E-state index contributed by atoms with van der Waals surface area (Å²) in [5, 5.41) is 11.0. The molecular formula is C10H13ClF3N3O. The highest BCUT2D eigenvalue weighted by molar-refractivity contribution is 6.29. The summed E-state index contributed by atoms with van der Waals surface area (Å²) in [6.07, 6.45) is -2.40. The molecule has 4 nitrogen and oxygen atoms in total. The summed E-state index contributed by atoms with van der Waals surface area (Å²) in [7, 11) is 0. The van der Waals surface area contributed by atoms with Crippen LogP contribution in [-0.2, 0) is 6.18 Å². The monoisotopic (exact) mass is 283 g/mol. The van der Waals surface area contributed by atoms with E-state index < -0.39 is 11.9 Å². The van der Waals surface area contributed by atoms with Crippen molar-refractivity contribution < 1.29 is 18.3 Å². The van der Waals surface area contributed by atoms with Crippen LogP contribution in [0.1, 0.15) is 25.0 Å². The van der Waals surface area contributed by atoms with Gasteiger partial charge < -0.3 is 10.4 Å². The lowest BCUT2D eigenvalue weighted by atomic mass is 10.2. The van der Waals surface area contributed by atoms with E-state index in [1.165, 1.54) is 0 Å². The van der Waals surface area contributed by atoms with E-state index in [2.05, 4.69) is 15.3 Å². The largest absolute Gasteiger partial charge is 0.433 e. The van der Waals surface area contributed by atoms with E-state index in [-0.39, 0.29) is 17.7 Å². The molecule has 1 aromatic heterocycles. The number of nitrogens with one attached hydrogen (secondary N) is 1. The van der Waals surface area contributed by atoms with Gasteiger partial charge in [0.15, 0.2) is 5.69 Å². The van der Waals surface area contributed by atoms with Crippen LogP contribution < -0.4 is 5.32 Å². The van der Waals surface area contributed by atoms with Gasteiger partial charge in [-0.05, 0) is 19.3 Å². The molecule has 8 heteroatoms. The second kappa shape index (κ2) is 6.75. The van der Waals surface area contributed by atoms with Crippen LogP contribution in [0.5, 0.6) is 0 Å². The highest BCUT2D eigenvalue weighted by Gasteiger charge is 2.33. The van der Waals surface area contributed by atoms with Crippen molar-refractivity contribution in [3.05, 3.63) is 16.9 Å². The SMILES string of the molecule is OCCCCCNc1nc(Cl)cc(C(F)(F)F)n1. The molecule has 1 aromatic rings. The fourth-order valence-corrected chi connectivity index (χ4v) is 1.44. The molecular weight excluding hydrogens is 271 g/mol. The van der Waals surface area contributed by atoms with Crippen LogP contribution >= 0.6 is 11.6 Å². The first-order valence-electron chi connectivity index (χ1n) is 5.40. The van der Waals surface area contributed by atoms with Gasteiger partial charge in [-0.1, -0.05) is 11.6 Å². The van der Waals surface area contributed by atoms with Crippen molar-refractivity contribution in [2.75, 3.05) is 18.5 Å². The molecule has 0 saturated carbocycles. The Morgan fingerprint density at radius 2 is 1.94 bits per heavy atom. The Morgan fingerprint density at radius 1 is 1.22 bits per heavy atom. The van der Waals surface area contributed by atoms with Crippen LogP contribution in [0.2, 0.25) is 5.15 Å². The van der Waals surface area contributed by atoms with E-state index in [0.717, 1.165) is 6.42 Å². The number of alkyl halides is 3. The van der Waals surface area contributed by atoms with Crippen molar-refractivity contribution in [1.29, 1.82) is 0 Å². The minimum atomic E-state index is -4.54.